The van der Waals surface area contributed by atoms with Gasteiger partial charge in [0.25, 0.3) is 0 Å². The second kappa shape index (κ2) is 5.17. The van der Waals surface area contributed by atoms with Crippen molar-refractivity contribution >= 4 is 27.9 Å². The number of rotatable bonds is 3. The first-order valence-corrected chi connectivity index (χ1v) is 6.60. The summed E-state index contributed by atoms with van der Waals surface area (Å²) in [5, 5.41) is 5.56. The molecule has 0 aromatic heterocycles. The van der Waals surface area contributed by atoms with E-state index in [1.165, 1.54) is 0 Å². The Morgan fingerprint density at radius 2 is 1.55 bits per heavy atom. The van der Waals surface area contributed by atoms with Crippen molar-refractivity contribution in [2.75, 3.05) is 5.32 Å². The number of ketones is 1. The van der Waals surface area contributed by atoms with Crippen LogP contribution in [0.15, 0.2) is 66.7 Å². The summed E-state index contributed by atoms with van der Waals surface area (Å²) in [6, 6.07) is 21.9. The maximum atomic E-state index is 11.9. The summed E-state index contributed by atoms with van der Waals surface area (Å²) in [5.41, 5.74) is 2.57. The summed E-state index contributed by atoms with van der Waals surface area (Å²) in [7, 11) is 0. The van der Waals surface area contributed by atoms with Crippen molar-refractivity contribution in [1.29, 1.82) is 0 Å². The van der Waals surface area contributed by atoms with Crippen LogP contribution in [0.2, 0.25) is 0 Å². The number of nitrogens with one attached hydrogen (secondary N) is 1. The van der Waals surface area contributed by atoms with Gasteiger partial charge in [0.15, 0.2) is 5.78 Å². The largest absolute Gasteiger partial charge is 0.354 e. The van der Waals surface area contributed by atoms with Gasteiger partial charge in [0.05, 0.1) is 5.69 Å². The topological polar surface area (TPSA) is 29.1 Å². The van der Waals surface area contributed by atoms with Gasteiger partial charge in [0, 0.05) is 16.6 Å². The normalized spacial score (nSPS) is 10.4. The molecule has 3 aromatic carbocycles. The molecule has 0 saturated heterocycles. The molecule has 0 aliphatic rings. The molecular weight excluding hydrogens is 246 g/mol. The molecule has 20 heavy (non-hydrogen) atoms. The van der Waals surface area contributed by atoms with E-state index in [1.807, 2.05) is 60.7 Å². The zero-order chi connectivity index (χ0) is 13.9. The number of fused-ring (bicyclic) bond motifs is 1. The second-order valence-corrected chi connectivity index (χ2v) is 4.76. The summed E-state index contributed by atoms with van der Waals surface area (Å²) < 4.78 is 0. The average Bonchev–Trinajstić information content (AvgIpc) is 2.48. The molecule has 1 N–H and O–H groups in total. The molecule has 0 bridgehead atoms. The minimum Gasteiger partial charge on any atom is -0.354 e. The highest BCUT2D eigenvalue weighted by Crippen LogP contribution is 2.30. The highest BCUT2D eigenvalue weighted by Gasteiger charge is 2.11. The lowest BCUT2D eigenvalue weighted by atomic mass is 10.0. The van der Waals surface area contributed by atoms with E-state index in [0.29, 0.717) is 5.56 Å². The van der Waals surface area contributed by atoms with Gasteiger partial charge in [0.2, 0.25) is 0 Å². The molecule has 0 spiro atoms. The lowest BCUT2D eigenvalue weighted by molar-refractivity contribution is 0.101. The number of benzene rings is 3. The van der Waals surface area contributed by atoms with Crippen LogP contribution in [0.3, 0.4) is 0 Å². The maximum Gasteiger partial charge on any atom is 0.161 e. The maximum absolute atomic E-state index is 11.9. The minimum atomic E-state index is 0.0641. The third-order valence-corrected chi connectivity index (χ3v) is 3.35. The molecule has 0 unspecified atom stereocenters. The van der Waals surface area contributed by atoms with Gasteiger partial charge in [-0.3, -0.25) is 4.79 Å². The van der Waals surface area contributed by atoms with Crippen molar-refractivity contribution < 1.29 is 4.79 Å². The van der Waals surface area contributed by atoms with E-state index in [0.717, 1.165) is 22.1 Å². The van der Waals surface area contributed by atoms with Gasteiger partial charge >= 0.3 is 0 Å². The van der Waals surface area contributed by atoms with Crippen LogP contribution in [0.4, 0.5) is 11.4 Å². The van der Waals surface area contributed by atoms with E-state index in [9.17, 15) is 4.79 Å². The molecule has 0 aliphatic heterocycles. The van der Waals surface area contributed by atoms with Gasteiger partial charge < -0.3 is 5.32 Å². The predicted octanol–water partition coefficient (Wildman–Crippen LogP) is 4.79. The van der Waals surface area contributed by atoms with E-state index < -0.39 is 0 Å². The Morgan fingerprint density at radius 3 is 2.30 bits per heavy atom. The van der Waals surface area contributed by atoms with Crippen LogP contribution in [0.5, 0.6) is 0 Å². The van der Waals surface area contributed by atoms with E-state index in [4.69, 9.17) is 0 Å². The standard InChI is InChI=1S/C18H15NO/c1-13(20)16-12-11-14-7-5-6-10-17(14)18(16)19-15-8-3-2-4-9-15/h2-12,19H,1H3. The first-order chi connectivity index (χ1) is 9.75. The van der Waals surface area contributed by atoms with E-state index in [-0.39, 0.29) is 5.78 Å². The Bertz CT molecular complexity index is 763. The Balaban J connectivity index is 2.20. The summed E-state index contributed by atoms with van der Waals surface area (Å²) in [6.07, 6.45) is 0. The number of carbonyl (C=O) groups is 1. The number of Topliss-reactive ketones (excluding diaryl/α,β-unsaturated/α-hetero) is 1. The van der Waals surface area contributed by atoms with E-state index in [2.05, 4.69) is 11.4 Å². The van der Waals surface area contributed by atoms with Crippen LogP contribution in [-0.4, -0.2) is 5.78 Å². The molecule has 0 saturated carbocycles. The van der Waals surface area contributed by atoms with Crippen LogP contribution in [0, 0.1) is 0 Å². The highest BCUT2D eigenvalue weighted by atomic mass is 16.1. The van der Waals surface area contributed by atoms with Crippen molar-refractivity contribution in [3.63, 3.8) is 0 Å². The van der Waals surface area contributed by atoms with Gasteiger partial charge in [-0.2, -0.15) is 0 Å². The van der Waals surface area contributed by atoms with Crippen LogP contribution in [-0.2, 0) is 0 Å². The van der Waals surface area contributed by atoms with Crippen molar-refractivity contribution in [2.24, 2.45) is 0 Å². The van der Waals surface area contributed by atoms with Gasteiger partial charge in [-0.25, -0.2) is 0 Å². The quantitative estimate of drug-likeness (QED) is 0.687. The lowest BCUT2D eigenvalue weighted by Crippen LogP contribution is -2.01. The first-order valence-electron chi connectivity index (χ1n) is 6.60. The molecule has 2 heteroatoms. The Kier molecular flexibility index (Phi) is 3.21. The van der Waals surface area contributed by atoms with Gasteiger partial charge in [-0.1, -0.05) is 48.5 Å². The third kappa shape index (κ3) is 2.28. The van der Waals surface area contributed by atoms with Crippen molar-refractivity contribution in [1.82, 2.24) is 0 Å². The van der Waals surface area contributed by atoms with E-state index in [1.54, 1.807) is 6.92 Å². The van der Waals surface area contributed by atoms with Gasteiger partial charge in [-0.05, 0) is 30.5 Å². The lowest BCUT2D eigenvalue weighted by Gasteiger charge is -2.13. The molecule has 2 nitrogen and oxygen atoms in total. The molecule has 98 valence electrons. The Labute approximate surface area is 118 Å². The highest BCUT2D eigenvalue weighted by molar-refractivity contribution is 6.09. The summed E-state index contributed by atoms with van der Waals surface area (Å²) in [4.78, 5) is 11.9. The van der Waals surface area contributed by atoms with Crippen LogP contribution in [0.25, 0.3) is 10.8 Å². The van der Waals surface area contributed by atoms with Crippen molar-refractivity contribution in [3.05, 3.63) is 72.3 Å². The van der Waals surface area contributed by atoms with Gasteiger partial charge in [-0.15, -0.1) is 0 Å². The molecule has 0 fully saturated rings. The van der Waals surface area contributed by atoms with Crippen LogP contribution < -0.4 is 5.32 Å². The monoisotopic (exact) mass is 261 g/mol. The van der Waals surface area contributed by atoms with E-state index >= 15 is 0 Å². The Hall–Kier alpha value is -2.61. The predicted molar refractivity (Wildman–Crippen MR) is 83.7 cm³/mol. The molecule has 0 atom stereocenters. The molecule has 3 rings (SSSR count). The fourth-order valence-electron chi connectivity index (χ4n) is 2.37. The zero-order valence-electron chi connectivity index (χ0n) is 11.3. The summed E-state index contributed by atoms with van der Waals surface area (Å²) in [5.74, 6) is 0.0641. The van der Waals surface area contributed by atoms with Crippen LogP contribution >= 0.6 is 0 Å². The van der Waals surface area contributed by atoms with Crippen LogP contribution in [0.1, 0.15) is 17.3 Å². The molecule has 0 aliphatic carbocycles. The molecule has 0 amide bonds. The third-order valence-electron chi connectivity index (χ3n) is 3.35. The summed E-state index contributed by atoms with van der Waals surface area (Å²) >= 11 is 0. The molecule has 0 radical (unpaired) electrons. The fourth-order valence-corrected chi connectivity index (χ4v) is 2.37. The number of hydrogen-bond donors (Lipinski definition) is 1. The Morgan fingerprint density at radius 1 is 0.850 bits per heavy atom. The number of anilines is 2. The van der Waals surface area contributed by atoms with Gasteiger partial charge in [0.1, 0.15) is 0 Å². The average molecular weight is 261 g/mol. The van der Waals surface area contributed by atoms with Crippen molar-refractivity contribution in [2.45, 2.75) is 6.92 Å². The zero-order valence-corrected chi connectivity index (χ0v) is 11.3. The summed E-state index contributed by atoms with van der Waals surface area (Å²) in [6.45, 7) is 1.60. The second-order valence-electron chi connectivity index (χ2n) is 4.76. The number of carbonyl (C=O) groups excluding carboxylic acids is 1. The number of hydrogen-bond acceptors (Lipinski definition) is 2. The molecule has 0 heterocycles. The minimum absolute atomic E-state index is 0.0641. The molecule has 3 aromatic rings. The fraction of sp³-hybridized carbons (Fsp3) is 0.0556. The van der Waals surface area contributed by atoms with Crippen molar-refractivity contribution in [3.8, 4) is 0 Å². The smallest absolute Gasteiger partial charge is 0.161 e. The SMILES string of the molecule is CC(=O)c1ccc2ccccc2c1Nc1ccccc1. The number of para-hydroxylation sites is 1. The molecular formula is C18H15NO. The first kappa shape index (κ1) is 12.4.